The van der Waals surface area contributed by atoms with Crippen molar-refractivity contribution in [2.24, 2.45) is 29.6 Å². The molecular formula is C20H25NO4. The van der Waals surface area contributed by atoms with Crippen molar-refractivity contribution in [1.82, 2.24) is 4.90 Å². The Balaban J connectivity index is 1.61. The number of Topliss-reactive ketones (excluding diaryl/α,β-unsaturated/α-hetero) is 1. The Morgan fingerprint density at radius 3 is 2.72 bits per heavy atom. The highest BCUT2D eigenvalue weighted by molar-refractivity contribution is 6.06. The standard InChI is InChI=1S/C20H25NO4/c1-11-6-7-12-4-2-3-5-13(12)17(11)18(22)15-10-16-14(20(24)25)8-9-21(16)19(15)23/h6-7,11-13,15,17H,2-5,8-10H2,1H3,(H,24,25)/t11-,12+,13-,15+,17-/m0/s1. The molecule has 0 spiro atoms. The number of hydrogen-bond acceptors (Lipinski definition) is 3. The van der Waals surface area contributed by atoms with Gasteiger partial charge in [0.15, 0.2) is 0 Å². The van der Waals surface area contributed by atoms with E-state index in [1.54, 1.807) is 4.90 Å². The molecule has 5 atom stereocenters. The number of hydrogen-bond donors (Lipinski definition) is 1. The third-order valence-electron chi connectivity index (χ3n) is 6.72. The largest absolute Gasteiger partial charge is 0.478 e. The fourth-order valence-electron chi connectivity index (χ4n) is 5.47. The van der Waals surface area contributed by atoms with Gasteiger partial charge in [0.1, 0.15) is 11.7 Å². The van der Waals surface area contributed by atoms with Gasteiger partial charge < -0.3 is 10.0 Å². The minimum atomic E-state index is -0.959. The van der Waals surface area contributed by atoms with Gasteiger partial charge in [-0.05, 0) is 37.0 Å². The average Bonchev–Trinajstić information content (AvgIpc) is 3.15. The van der Waals surface area contributed by atoms with Gasteiger partial charge in [-0.15, -0.1) is 0 Å². The minimum Gasteiger partial charge on any atom is -0.478 e. The maximum absolute atomic E-state index is 13.3. The summed E-state index contributed by atoms with van der Waals surface area (Å²) in [5, 5.41) is 9.33. The summed E-state index contributed by atoms with van der Waals surface area (Å²) in [6.45, 7) is 2.48. The zero-order valence-corrected chi connectivity index (χ0v) is 14.6. The Labute approximate surface area is 147 Å². The van der Waals surface area contributed by atoms with Crippen LogP contribution in [0.2, 0.25) is 0 Å². The van der Waals surface area contributed by atoms with Crippen molar-refractivity contribution >= 4 is 17.7 Å². The van der Waals surface area contributed by atoms with Crippen molar-refractivity contribution in [2.75, 3.05) is 6.54 Å². The van der Waals surface area contributed by atoms with E-state index in [4.69, 9.17) is 0 Å². The number of carboxylic acids is 1. The number of aliphatic carboxylic acids is 1. The van der Waals surface area contributed by atoms with Gasteiger partial charge in [0, 0.05) is 24.6 Å². The Bertz CT molecular complexity index is 692. The van der Waals surface area contributed by atoms with Crippen LogP contribution in [0.1, 0.15) is 45.4 Å². The van der Waals surface area contributed by atoms with Crippen LogP contribution < -0.4 is 0 Å². The molecule has 5 heteroatoms. The van der Waals surface area contributed by atoms with E-state index in [0.29, 0.717) is 36.1 Å². The molecule has 0 unspecified atom stereocenters. The van der Waals surface area contributed by atoms with Crippen LogP contribution in [0.5, 0.6) is 0 Å². The van der Waals surface area contributed by atoms with Gasteiger partial charge in [-0.25, -0.2) is 4.79 Å². The molecule has 5 nitrogen and oxygen atoms in total. The van der Waals surface area contributed by atoms with Gasteiger partial charge in [0.05, 0.1) is 5.57 Å². The zero-order chi connectivity index (χ0) is 17.7. The van der Waals surface area contributed by atoms with Crippen molar-refractivity contribution in [2.45, 2.75) is 45.4 Å². The summed E-state index contributed by atoms with van der Waals surface area (Å²) in [5.41, 5.74) is 0.894. The third kappa shape index (κ3) is 2.55. The maximum Gasteiger partial charge on any atom is 0.333 e. The van der Waals surface area contributed by atoms with E-state index in [-0.39, 0.29) is 29.9 Å². The minimum absolute atomic E-state index is 0.0467. The lowest BCUT2D eigenvalue weighted by atomic mass is 9.62. The van der Waals surface area contributed by atoms with Gasteiger partial charge >= 0.3 is 5.97 Å². The first-order chi connectivity index (χ1) is 12.0. The quantitative estimate of drug-likeness (QED) is 0.631. The fraction of sp³-hybridized carbons (Fsp3) is 0.650. The molecule has 25 heavy (non-hydrogen) atoms. The van der Waals surface area contributed by atoms with Gasteiger partial charge in [-0.3, -0.25) is 9.59 Å². The van der Waals surface area contributed by atoms with Crippen LogP contribution in [-0.4, -0.2) is 34.2 Å². The van der Waals surface area contributed by atoms with Gasteiger partial charge in [0.25, 0.3) is 0 Å². The second kappa shape index (κ2) is 6.11. The molecule has 0 bridgehead atoms. The molecule has 2 heterocycles. The summed E-state index contributed by atoms with van der Waals surface area (Å²) in [7, 11) is 0. The van der Waals surface area contributed by atoms with E-state index >= 15 is 0 Å². The molecule has 2 aliphatic heterocycles. The summed E-state index contributed by atoms with van der Waals surface area (Å²) in [5.74, 6) is -0.899. The summed E-state index contributed by atoms with van der Waals surface area (Å²) < 4.78 is 0. The van der Waals surface area contributed by atoms with E-state index in [1.165, 1.54) is 6.42 Å². The molecule has 4 rings (SSSR count). The van der Waals surface area contributed by atoms with E-state index in [1.807, 2.05) is 0 Å². The number of fused-ring (bicyclic) bond motifs is 2. The topological polar surface area (TPSA) is 74.7 Å². The first-order valence-electron chi connectivity index (χ1n) is 9.47. The molecule has 0 aromatic heterocycles. The van der Waals surface area contributed by atoms with Gasteiger partial charge in [-0.1, -0.05) is 31.9 Å². The number of amides is 1. The van der Waals surface area contributed by atoms with E-state index in [0.717, 1.165) is 19.3 Å². The Hall–Kier alpha value is -1.91. The maximum atomic E-state index is 13.3. The van der Waals surface area contributed by atoms with Crippen molar-refractivity contribution in [3.05, 3.63) is 23.4 Å². The third-order valence-corrected chi connectivity index (χ3v) is 6.72. The number of carboxylic acid groups (broad SMARTS) is 1. The Morgan fingerprint density at radius 2 is 1.96 bits per heavy atom. The molecule has 1 saturated carbocycles. The summed E-state index contributed by atoms with van der Waals surface area (Å²) in [6, 6.07) is 0. The molecule has 0 aromatic carbocycles. The van der Waals surface area contributed by atoms with Crippen LogP contribution in [0.15, 0.2) is 23.4 Å². The van der Waals surface area contributed by atoms with E-state index in [2.05, 4.69) is 19.1 Å². The Morgan fingerprint density at radius 1 is 1.20 bits per heavy atom. The molecule has 4 aliphatic rings. The van der Waals surface area contributed by atoms with Crippen molar-refractivity contribution in [3.8, 4) is 0 Å². The predicted octanol–water partition coefficient (Wildman–Crippen LogP) is 2.77. The molecule has 1 N–H and O–H groups in total. The van der Waals surface area contributed by atoms with Crippen molar-refractivity contribution in [1.29, 1.82) is 0 Å². The van der Waals surface area contributed by atoms with Crippen molar-refractivity contribution in [3.63, 3.8) is 0 Å². The van der Waals surface area contributed by atoms with E-state index < -0.39 is 11.9 Å². The number of ketones is 1. The second-order valence-corrected chi connectivity index (χ2v) is 8.01. The highest BCUT2D eigenvalue weighted by Gasteiger charge is 2.49. The van der Waals surface area contributed by atoms with E-state index in [9.17, 15) is 19.5 Å². The second-order valence-electron chi connectivity index (χ2n) is 8.01. The lowest BCUT2D eigenvalue weighted by Crippen LogP contribution is -2.42. The molecule has 1 amide bonds. The smallest absolute Gasteiger partial charge is 0.333 e. The SMILES string of the molecule is C[C@H]1C=C[C@H]2CCCC[C@@H]2[C@H]1C(=O)[C@H]1CC2=C(C(=O)O)CCN2C1=O. The summed E-state index contributed by atoms with van der Waals surface area (Å²) in [4.78, 5) is 39.0. The van der Waals surface area contributed by atoms with Crippen LogP contribution in [0.25, 0.3) is 0 Å². The fourth-order valence-corrected chi connectivity index (χ4v) is 5.47. The molecule has 134 valence electrons. The number of nitrogens with zero attached hydrogens (tertiary/aromatic N) is 1. The van der Waals surface area contributed by atoms with Crippen LogP contribution in [0, 0.1) is 29.6 Å². The summed E-state index contributed by atoms with van der Waals surface area (Å²) in [6.07, 6.45) is 9.67. The monoisotopic (exact) mass is 343 g/mol. The number of carbonyl (C=O) groups excluding carboxylic acids is 2. The molecule has 2 aliphatic carbocycles. The molecule has 2 fully saturated rings. The van der Waals surface area contributed by atoms with Crippen molar-refractivity contribution < 1.29 is 19.5 Å². The number of allylic oxidation sites excluding steroid dienone is 3. The van der Waals surface area contributed by atoms with Crippen LogP contribution in [0.4, 0.5) is 0 Å². The Kier molecular flexibility index (Phi) is 4.05. The average molecular weight is 343 g/mol. The van der Waals surface area contributed by atoms with Gasteiger partial charge in [-0.2, -0.15) is 0 Å². The lowest BCUT2D eigenvalue weighted by Gasteiger charge is -2.41. The summed E-state index contributed by atoms with van der Waals surface area (Å²) >= 11 is 0. The molecular weight excluding hydrogens is 318 g/mol. The lowest BCUT2D eigenvalue weighted by molar-refractivity contribution is -0.140. The van der Waals surface area contributed by atoms with Gasteiger partial charge in [0.2, 0.25) is 5.91 Å². The highest BCUT2D eigenvalue weighted by atomic mass is 16.4. The molecule has 0 aromatic rings. The van der Waals surface area contributed by atoms with Crippen LogP contribution in [-0.2, 0) is 14.4 Å². The molecule has 0 radical (unpaired) electrons. The first-order valence-corrected chi connectivity index (χ1v) is 9.47. The zero-order valence-electron chi connectivity index (χ0n) is 14.6. The first kappa shape index (κ1) is 16.6. The number of carbonyl (C=O) groups is 3. The predicted molar refractivity (Wildman–Crippen MR) is 91.3 cm³/mol. The molecule has 1 saturated heterocycles. The number of rotatable bonds is 3. The highest BCUT2D eigenvalue weighted by Crippen LogP contribution is 2.46. The van der Waals surface area contributed by atoms with Crippen LogP contribution >= 0.6 is 0 Å². The normalized spacial score (nSPS) is 37.2. The van der Waals surface area contributed by atoms with Crippen LogP contribution in [0.3, 0.4) is 0 Å².